The molecule has 0 bridgehead atoms. The number of benzene rings is 2. The molecule has 0 aliphatic carbocycles. The van der Waals surface area contributed by atoms with E-state index in [-0.39, 0.29) is 18.1 Å². The van der Waals surface area contributed by atoms with E-state index < -0.39 is 0 Å². The lowest BCUT2D eigenvalue weighted by Gasteiger charge is -2.44. The molecule has 114 valence electrons. The third-order valence-corrected chi connectivity index (χ3v) is 4.18. The fourth-order valence-corrected chi connectivity index (χ4v) is 3.05. The van der Waals surface area contributed by atoms with Gasteiger partial charge in [0.15, 0.2) is 0 Å². The van der Waals surface area contributed by atoms with Crippen LogP contribution >= 0.6 is 0 Å². The number of carbonyl (C=O) groups is 1. The van der Waals surface area contributed by atoms with Gasteiger partial charge in [0.25, 0.3) is 0 Å². The molecule has 3 nitrogen and oxygen atoms in total. The van der Waals surface area contributed by atoms with E-state index in [2.05, 4.69) is 29.2 Å². The van der Waals surface area contributed by atoms with Crippen LogP contribution in [-0.4, -0.2) is 30.1 Å². The molecule has 0 spiro atoms. The van der Waals surface area contributed by atoms with Gasteiger partial charge >= 0.3 is 5.97 Å². The van der Waals surface area contributed by atoms with Crippen molar-refractivity contribution >= 4 is 5.97 Å². The molecule has 0 amide bonds. The van der Waals surface area contributed by atoms with Gasteiger partial charge in [-0.1, -0.05) is 60.7 Å². The van der Waals surface area contributed by atoms with Gasteiger partial charge in [-0.15, -0.1) is 0 Å². The lowest BCUT2D eigenvalue weighted by Crippen LogP contribution is -2.54. The number of ether oxygens (including phenoxy) is 1. The topological polar surface area (TPSA) is 29.5 Å². The molecule has 0 aromatic heterocycles. The highest BCUT2D eigenvalue weighted by Gasteiger charge is 2.40. The van der Waals surface area contributed by atoms with E-state index in [1.165, 1.54) is 11.1 Å². The van der Waals surface area contributed by atoms with Crippen molar-refractivity contribution in [1.29, 1.82) is 0 Å². The van der Waals surface area contributed by atoms with Crippen molar-refractivity contribution in [3.8, 4) is 0 Å². The fraction of sp³-hybridized carbons (Fsp3) is 0.316. The second-order valence-electron chi connectivity index (χ2n) is 5.52. The second-order valence-corrected chi connectivity index (χ2v) is 5.52. The van der Waals surface area contributed by atoms with Gasteiger partial charge in [0.2, 0.25) is 0 Å². The van der Waals surface area contributed by atoms with E-state index in [1.54, 1.807) is 0 Å². The minimum Gasteiger partial charge on any atom is -0.465 e. The number of rotatable bonds is 5. The van der Waals surface area contributed by atoms with Crippen LogP contribution in [0.15, 0.2) is 60.7 Å². The molecule has 0 N–H and O–H groups in total. The maximum Gasteiger partial charge on any atom is 0.323 e. The Morgan fingerprint density at radius 3 is 2.05 bits per heavy atom. The van der Waals surface area contributed by atoms with Gasteiger partial charge in [0.1, 0.15) is 6.04 Å². The van der Waals surface area contributed by atoms with Crippen molar-refractivity contribution < 1.29 is 9.53 Å². The molecule has 1 aliphatic rings. The molecule has 1 fully saturated rings. The van der Waals surface area contributed by atoms with Crippen LogP contribution in [0.25, 0.3) is 0 Å². The second kappa shape index (κ2) is 6.75. The van der Waals surface area contributed by atoms with Crippen LogP contribution in [0.4, 0.5) is 0 Å². The molecule has 0 unspecified atom stereocenters. The first-order valence-corrected chi connectivity index (χ1v) is 7.83. The molecule has 3 heteroatoms. The molecule has 2 aromatic carbocycles. The molecular weight excluding hydrogens is 274 g/mol. The van der Waals surface area contributed by atoms with Gasteiger partial charge in [-0.2, -0.15) is 0 Å². The maximum atomic E-state index is 12.1. The summed E-state index contributed by atoms with van der Waals surface area (Å²) in [4.78, 5) is 14.4. The number of likely N-dealkylation sites (tertiary alicyclic amines) is 1. The third kappa shape index (κ3) is 2.90. The van der Waals surface area contributed by atoms with Crippen LogP contribution in [0.1, 0.15) is 30.5 Å². The molecule has 1 atom stereocenters. The highest BCUT2D eigenvalue weighted by atomic mass is 16.5. The molecule has 0 saturated carbocycles. The Morgan fingerprint density at radius 2 is 1.64 bits per heavy atom. The van der Waals surface area contributed by atoms with Crippen LogP contribution in [0.3, 0.4) is 0 Å². The number of hydrogen-bond donors (Lipinski definition) is 0. The Balaban J connectivity index is 1.91. The van der Waals surface area contributed by atoms with E-state index in [0.717, 1.165) is 13.0 Å². The van der Waals surface area contributed by atoms with Gasteiger partial charge in [0, 0.05) is 6.54 Å². The van der Waals surface area contributed by atoms with E-state index >= 15 is 0 Å². The summed E-state index contributed by atoms with van der Waals surface area (Å²) in [6.45, 7) is 3.20. The molecule has 1 heterocycles. The van der Waals surface area contributed by atoms with Crippen LogP contribution in [0, 0.1) is 0 Å². The highest BCUT2D eigenvalue weighted by molar-refractivity contribution is 5.77. The molecule has 22 heavy (non-hydrogen) atoms. The SMILES string of the molecule is CCOC(=O)[C@H]1CCN1C(c1ccccc1)c1ccccc1. The Hall–Kier alpha value is -2.13. The molecule has 0 radical (unpaired) electrons. The minimum atomic E-state index is -0.134. The number of nitrogens with zero attached hydrogens (tertiary/aromatic N) is 1. The van der Waals surface area contributed by atoms with Crippen LogP contribution in [0.5, 0.6) is 0 Å². The zero-order valence-corrected chi connectivity index (χ0v) is 12.8. The summed E-state index contributed by atoms with van der Waals surface area (Å²) in [7, 11) is 0. The van der Waals surface area contributed by atoms with Crippen LogP contribution < -0.4 is 0 Å². The third-order valence-electron chi connectivity index (χ3n) is 4.18. The predicted octanol–water partition coefficient (Wildman–Crippen LogP) is 3.41. The molecule has 1 saturated heterocycles. The fourth-order valence-electron chi connectivity index (χ4n) is 3.05. The Kier molecular flexibility index (Phi) is 4.54. The van der Waals surface area contributed by atoms with E-state index in [4.69, 9.17) is 4.74 Å². The Labute approximate surface area is 131 Å². The smallest absolute Gasteiger partial charge is 0.323 e. The zero-order chi connectivity index (χ0) is 15.4. The molecule has 2 aromatic rings. The van der Waals surface area contributed by atoms with Gasteiger partial charge < -0.3 is 4.74 Å². The number of carbonyl (C=O) groups excluding carboxylic acids is 1. The standard InChI is InChI=1S/C19H21NO2/c1-2-22-19(21)17-13-14-20(17)18(15-9-5-3-6-10-15)16-11-7-4-8-12-16/h3-12,17-18H,2,13-14H2,1H3/t17-/m1/s1. The van der Waals surface area contributed by atoms with Gasteiger partial charge in [-0.05, 0) is 24.5 Å². The lowest BCUT2D eigenvalue weighted by molar-refractivity contribution is -0.155. The van der Waals surface area contributed by atoms with Crippen molar-refractivity contribution in [3.05, 3.63) is 71.8 Å². The highest BCUT2D eigenvalue weighted by Crippen LogP contribution is 2.36. The maximum absolute atomic E-state index is 12.1. The van der Waals surface area contributed by atoms with Crippen LogP contribution in [-0.2, 0) is 9.53 Å². The van der Waals surface area contributed by atoms with E-state index in [0.29, 0.717) is 6.61 Å². The average molecular weight is 295 g/mol. The summed E-state index contributed by atoms with van der Waals surface area (Å²) in [6, 6.07) is 20.7. The van der Waals surface area contributed by atoms with Gasteiger partial charge in [-0.25, -0.2) is 0 Å². The summed E-state index contributed by atoms with van der Waals surface area (Å²) >= 11 is 0. The van der Waals surface area contributed by atoms with Crippen molar-refractivity contribution in [2.75, 3.05) is 13.2 Å². The molecule has 1 aliphatic heterocycles. The Morgan fingerprint density at radius 1 is 1.09 bits per heavy atom. The van der Waals surface area contributed by atoms with Gasteiger partial charge in [0.05, 0.1) is 12.6 Å². The van der Waals surface area contributed by atoms with Gasteiger partial charge in [-0.3, -0.25) is 9.69 Å². The minimum absolute atomic E-state index is 0.102. The average Bonchev–Trinajstić information content (AvgIpc) is 2.53. The first kappa shape index (κ1) is 14.8. The zero-order valence-electron chi connectivity index (χ0n) is 12.8. The summed E-state index contributed by atoms with van der Waals surface area (Å²) in [5.41, 5.74) is 2.42. The number of hydrogen-bond acceptors (Lipinski definition) is 3. The van der Waals surface area contributed by atoms with Crippen molar-refractivity contribution in [2.24, 2.45) is 0 Å². The lowest BCUT2D eigenvalue weighted by atomic mass is 9.90. The van der Waals surface area contributed by atoms with E-state index in [1.807, 2.05) is 43.3 Å². The predicted molar refractivity (Wildman–Crippen MR) is 86.5 cm³/mol. The first-order valence-electron chi connectivity index (χ1n) is 7.83. The summed E-state index contributed by atoms with van der Waals surface area (Å²) < 4.78 is 5.22. The van der Waals surface area contributed by atoms with Crippen LogP contribution in [0.2, 0.25) is 0 Å². The summed E-state index contributed by atoms with van der Waals surface area (Å²) in [6.07, 6.45) is 0.870. The van der Waals surface area contributed by atoms with Crippen molar-refractivity contribution in [2.45, 2.75) is 25.4 Å². The summed E-state index contributed by atoms with van der Waals surface area (Å²) in [5, 5.41) is 0. The van der Waals surface area contributed by atoms with Crippen molar-refractivity contribution in [1.82, 2.24) is 4.90 Å². The summed E-state index contributed by atoms with van der Waals surface area (Å²) in [5.74, 6) is -0.106. The quantitative estimate of drug-likeness (QED) is 0.792. The van der Waals surface area contributed by atoms with Crippen molar-refractivity contribution in [3.63, 3.8) is 0 Å². The Bertz CT molecular complexity index is 572. The first-order chi connectivity index (χ1) is 10.8. The largest absolute Gasteiger partial charge is 0.465 e. The van der Waals surface area contributed by atoms with E-state index in [9.17, 15) is 4.79 Å². The monoisotopic (exact) mass is 295 g/mol. The molecule has 3 rings (SSSR count). The number of esters is 1. The normalized spacial score (nSPS) is 18.0. The molecular formula is C19H21NO2.